The first-order valence-corrected chi connectivity index (χ1v) is 13.6. The first kappa shape index (κ1) is 28.6. The Kier molecular flexibility index (Phi) is 8.55. The van der Waals surface area contributed by atoms with Crippen molar-refractivity contribution in [2.75, 3.05) is 31.5 Å². The topological polar surface area (TPSA) is 95.0 Å². The average Bonchev–Trinajstić information content (AvgIpc) is 2.98. The lowest BCUT2D eigenvalue weighted by Crippen LogP contribution is -2.55. The van der Waals surface area contributed by atoms with E-state index in [9.17, 15) is 27.9 Å². The van der Waals surface area contributed by atoms with E-state index in [4.69, 9.17) is 4.74 Å². The highest BCUT2D eigenvalue weighted by Gasteiger charge is 2.32. The van der Waals surface area contributed by atoms with Crippen molar-refractivity contribution in [1.29, 1.82) is 0 Å². The number of benzene rings is 2. The number of rotatable bonds is 6. The lowest BCUT2D eigenvalue weighted by atomic mass is 9.91. The van der Waals surface area contributed by atoms with E-state index in [0.717, 1.165) is 63.0 Å². The van der Waals surface area contributed by atoms with Crippen LogP contribution in [0.25, 0.3) is 0 Å². The molecule has 2 atom stereocenters. The number of piperazine rings is 1. The molecule has 2 aliphatic rings. The molecule has 2 aromatic carbocycles. The molecule has 0 radical (unpaired) electrons. The Bertz CT molecular complexity index is 1340. The van der Waals surface area contributed by atoms with E-state index in [2.05, 4.69) is 15.2 Å². The Morgan fingerprint density at radius 2 is 1.54 bits per heavy atom. The van der Waals surface area contributed by atoms with E-state index in [-0.39, 0.29) is 29.5 Å². The fraction of sp³-hybridized carbons (Fsp3) is 0.367. The van der Waals surface area contributed by atoms with Gasteiger partial charge < -0.3 is 20.1 Å². The highest BCUT2D eigenvalue weighted by molar-refractivity contribution is 6.04. The Hall–Kier alpha value is -3.96. The summed E-state index contributed by atoms with van der Waals surface area (Å²) in [5.74, 6) is 0.124. The van der Waals surface area contributed by atoms with Crippen molar-refractivity contribution in [2.24, 2.45) is 0 Å². The molecule has 1 aromatic heterocycles. The maximum Gasteiger partial charge on any atom is 0.416 e. The van der Waals surface area contributed by atoms with Gasteiger partial charge in [-0.05, 0) is 67.4 Å². The highest BCUT2D eigenvalue weighted by atomic mass is 19.4. The van der Waals surface area contributed by atoms with Gasteiger partial charge in [0.15, 0.2) is 0 Å². The molecule has 0 unspecified atom stereocenters. The number of nitrogens with zero attached hydrogens (tertiary/aromatic N) is 3. The minimum absolute atomic E-state index is 0.0494. The molecule has 41 heavy (non-hydrogen) atoms. The normalized spacial score (nSPS) is 20.0. The monoisotopic (exact) mass is 568 g/mol. The number of anilines is 1. The van der Waals surface area contributed by atoms with Crippen LogP contribution in [0.15, 0.2) is 66.9 Å². The largest absolute Gasteiger partial charge is 0.439 e. The summed E-state index contributed by atoms with van der Waals surface area (Å²) >= 11 is 0. The molecule has 2 N–H and O–H groups in total. The summed E-state index contributed by atoms with van der Waals surface area (Å²) in [7, 11) is 0. The fourth-order valence-corrected chi connectivity index (χ4v) is 5.27. The van der Waals surface area contributed by atoms with Gasteiger partial charge in [-0.15, -0.1) is 0 Å². The first-order chi connectivity index (χ1) is 19.7. The van der Waals surface area contributed by atoms with Crippen molar-refractivity contribution in [3.8, 4) is 11.6 Å². The molecule has 11 heteroatoms. The molecule has 2 fully saturated rings. The van der Waals surface area contributed by atoms with Crippen LogP contribution in [-0.2, 0) is 6.18 Å². The van der Waals surface area contributed by atoms with Gasteiger partial charge in [-0.3, -0.25) is 14.5 Å². The van der Waals surface area contributed by atoms with Gasteiger partial charge in [0.05, 0.1) is 23.6 Å². The van der Waals surface area contributed by atoms with Gasteiger partial charge in [0, 0.05) is 49.4 Å². The van der Waals surface area contributed by atoms with Crippen LogP contribution in [0.1, 0.15) is 52.0 Å². The second kappa shape index (κ2) is 12.3. The summed E-state index contributed by atoms with van der Waals surface area (Å²) in [4.78, 5) is 33.7. The second-order valence-electron chi connectivity index (χ2n) is 10.3. The zero-order valence-electron chi connectivity index (χ0n) is 22.3. The van der Waals surface area contributed by atoms with Gasteiger partial charge in [0.25, 0.3) is 11.8 Å². The molecule has 0 bridgehead atoms. The number of aliphatic hydroxyl groups is 1. The zero-order valence-corrected chi connectivity index (χ0v) is 22.3. The van der Waals surface area contributed by atoms with Crippen molar-refractivity contribution in [2.45, 2.75) is 44.0 Å². The number of halogens is 3. The average molecular weight is 569 g/mol. The summed E-state index contributed by atoms with van der Waals surface area (Å²) in [6, 6.07) is 14.0. The molecule has 1 aliphatic heterocycles. The minimum atomic E-state index is -4.47. The number of hydrogen-bond donors (Lipinski definition) is 2. The number of nitrogens with one attached hydrogen (secondary N) is 1. The van der Waals surface area contributed by atoms with Crippen LogP contribution in [0.2, 0.25) is 0 Å². The third-order valence-electron chi connectivity index (χ3n) is 7.56. The van der Waals surface area contributed by atoms with Crippen LogP contribution in [0.5, 0.6) is 11.6 Å². The number of alkyl halides is 3. The number of carbonyl (C=O) groups excluding carboxylic acids is 2. The predicted molar refractivity (Wildman–Crippen MR) is 146 cm³/mol. The molecule has 3 aromatic rings. The molecular formula is C30H31F3N4O4. The van der Waals surface area contributed by atoms with Gasteiger partial charge in [-0.1, -0.05) is 12.8 Å². The molecule has 2 heterocycles. The number of pyridine rings is 1. The van der Waals surface area contributed by atoms with Crippen LogP contribution in [-0.4, -0.2) is 70.0 Å². The van der Waals surface area contributed by atoms with Gasteiger partial charge in [0.2, 0.25) is 5.88 Å². The van der Waals surface area contributed by atoms with Gasteiger partial charge >= 0.3 is 6.18 Å². The molecule has 1 saturated carbocycles. The molecule has 8 nitrogen and oxygen atoms in total. The third-order valence-corrected chi connectivity index (χ3v) is 7.56. The molecule has 1 saturated heterocycles. The quantitative estimate of drug-likeness (QED) is 0.424. The SMILES string of the molecule is O=C(Nc1ccc(Oc2ccc(C(=O)N3CCN([C@H]4CCCC[C@@H]4O)CC3)cc2)nc1)c1ccc(C(F)(F)F)cc1. The summed E-state index contributed by atoms with van der Waals surface area (Å²) in [5, 5.41) is 12.9. The van der Waals surface area contributed by atoms with Crippen molar-refractivity contribution in [3.05, 3.63) is 83.6 Å². The molecule has 216 valence electrons. The van der Waals surface area contributed by atoms with Crippen LogP contribution in [0.3, 0.4) is 0 Å². The Labute approximate surface area is 235 Å². The lowest BCUT2D eigenvalue weighted by molar-refractivity contribution is -0.137. The van der Waals surface area contributed by atoms with Gasteiger partial charge in [-0.25, -0.2) is 4.98 Å². The molecule has 5 rings (SSSR count). The predicted octanol–water partition coefficient (Wildman–Crippen LogP) is 5.21. The van der Waals surface area contributed by atoms with E-state index in [1.165, 1.54) is 6.20 Å². The highest BCUT2D eigenvalue weighted by Crippen LogP contribution is 2.29. The zero-order chi connectivity index (χ0) is 29.0. The van der Waals surface area contributed by atoms with Crippen LogP contribution in [0.4, 0.5) is 18.9 Å². The van der Waals surface area contributed by atoms with Crippen molar-refractivity contribution < 1.29 is 32.6 Å². The molecule has 0 spiro atoms. The number of ether oxygens (including phenoxy) is 1. The maximum atomic E-state index is 13.0. The standard InChI is InChI=1S/C30H31F3N4O4/c31-30(32,33)22-9-5-20(6-10-22)28(39)35-23-11-14-27(34-19-23)41-24-12-7-21(8-13-24)29(40)37-17-15-36(16-18-37)25-3-1-2-4-26(25)38/h5-14,19,25-26,38H,1-4,15-18H2,(H,35,39)/t25-,26-/m0/s1. The summed E-state index contributed by atoms with van der Waals surface area (Å²) in [5.41, 5.74) is 0.153. The maximum absolute atomic E-state index is 13.0. The molecule has 1 aliphatic carbocycles. The first-order valence-electron chi connectivity index (χ1n) is 13.6. The lowest BCUT2D eigenvalue weighted by Gasteiger charge is -2.42. The number of aromatic nitrogens is 1. The molecule has 2 amide bonds. The number of aliphatic hydroxyl groups excluding tert-OH is 1. The van der Waals surface area contributed by atoms with E-state index >= 15 is 0 Å². The Morgan fingerprint density at radius 1 is 0.878 bits per heavy atom. The van der Waals surface area contributed by atoms with E-state index in [1.807, 2.05) is 4.90 Å². The summed E-state index contributed by atoms with van der Waals surface area (Å²) in [6.07, 6.45) is 0.685. The van der Waals surface area contributed by atoms with Crippen molar-refractivity contribution >= 4 is 17.5 Å². The number of carbonyl (C=O) groups is 2. The van der Waals surface area contributed by atoms with E-state index in [0.29, 0.717) is 30.1 Å². The Morgan fingerprint density at radius 3 is 2.15 bits per heavy atom. The van der Waals surface area contributed by atoms with Crippen LogP contribution < -0.4 is 10.1 Å². The summed E-state index contributed by atoms with van der Waals surface area (Å²) < 4.78 is 43.9. The van der Waals surface area contributed by atoms with Crippen molar-refractivity contribution in [3.63, 3.8) is 0 Å². The van der Waals surface area contributed by atoms with Gasteiger partial charge in [-0.2, -0.15) is 13.2 Å². The van der Waals surface area contributed by atoms with Crippen LogP contribution in [0, 0.1) is 0 Å². The summed E-state index contributed by atoms with van der Waals surface area (Å²) in [6.45, 7) is 2.74. The third kappa shape index (κ3) is 7.04. The van der Waals surface area contributed by atoms with E-state index in [1.54, 1.807) is 36.4 Å². The number of hydrogen-bond acceptors (Lipinski definition) is 6. The Balaban J connectivity index is 1.11. The smallest absolute Gasteiger partial charge is 0.416 e. The van der Waals surface area contributed by atoms with Crippen LogP contribution >= 0.6 is 0 Å². The minimum Gasteiger partial charge on any atom is -0.439 e. The van der Waals surface area contributed by atoms with E-state index < -0.39 is 17.6 Å². The van der Waals surface area contributed by atoms with Gasteiger partial charge in [0.1, 0.15) is 5.75 Å². The number of amides is 2. The fourth-order valence-electron chi connectivity index (χ4n) is 5.27. The van der Waals surface area contributed by atoms with Crippen molar-refractivity contribution in [1.82, 2.24) is 14.8 Å². The molecular weight excluding hydrogens is 537 g/mol. The second-order valence-corrected chi connectivity index (χ2v) is 10.3.